The number of methoxy groups -OCH3 is 1. The van der Waals surface area contributed by atoms with Crippen molar-refractivity contribution >= 4 is 22.8 Å². The van der Waals surface area contributed by atoms with E-state index in [0.29, 0.717) is 0 Å². The van der Waals surface area contributed by atoms with Gasteiger partial charge in [-0.1, -0.05) is 18.2 Å². The van der Waals surface area contributed by atoms with E-state index in [1.807, 2.05) is 0 Å². The number of fused-ring (bicyclic) bond motifs is 3. The first kappa shape index (κ1) is 15.6. The van der Waals surface area contributed by atoms with E-state index in [4.69, 9.17) is 0 Å². The number of aromatic nitrogens is 1. The summed E-state index contributed by atoms with van der Waals surface area (Å²) in [6, 6.07) is 6.45. The summed E-state index contributed by atoms with van der Waals surface area (Å²) in [5.41, 5.74) is 5.05. The number of benzene rings is 1. The SMILES string of the molecule is COC(=O)CCC(=O)NC1CCc2[nH]c3c(C)cccc3c2C1. The molecule has 0 radical (unpaired) electrons. The first-order chi connectivity index (χ1) is 11.1. The molecule has 0 fully saturated rings. The fourth-order valence-corrected chi connectivity index (χ4v) is 3.33. The lowest BCUT2D eigenvalue weighted by molar-refractivity contribution is -0.142. The Morgan fingerprint density at radius 3 is 2.96 bits per heavy atom. The molecule has 0 saturated carbocycles. The highest BCUT2D eigenvalue weighted by atomic mass is 16.5. The Bertz CT molecular complexity index is 748. The third-order valence-corrected chi connectivity index (χ3v) is 4.58. The number of H-pyrrole nitrogens is 1. The number of ether oxygens (including phenoxy) is 1. The molecule has 1 aromatic heterocycles. The van der Waals surface area contributed by atoms with Crippen LogP contribution >= 0.6 is 0 Å². The minimum Gasteiger partial charge on any atom is -0.469 e. The van der Waals surface area contributed by atoms with E-state index in [9.17, 15) is 9.59 Å². The maximum Gasteiger partial charge on any atom is 0.306 e. The zero-order chi connectivity index (χ0) is 16.4. The summed E-state index contributed by atoms with van der Waals surface area (Å²) in [4.78, 5) is 26.6. The van der Waals surface area contributed by atoms with Crippen molar-refractivity contribution < 1.29 is 14.3 Å². The zero-order valence-electron chi connectivity index (χ0n) is 13.6. The topological polar surface area (TPSA) is 71.2 Å². The number of aryl methyl sites for hydroxylation is 2. The molecule has 1 amide bonds. The molecule has 1 unspecified atom stereocenters. The van der Waals surface area contributed by atoms with Crippen LogP contribution in [0.15, 0.2) is 18.2 Å². The van der Waals surface area contributed by atoms with E-state index in [1.165, 1.54) is 34.8 Å². The zero-order valence-corrected chi connectivity index (χ0v) is 13.6. The van der Waals surface area contributed by atoms with Gasteiger partial charge in [-0.05, 0) is 37.3 Å². The molecule has 5 nitrogen and oxygen atoms in total. The van der Waals surface area contributed by atoms with Crippen LogP contribution in [0.5, 0.6) is 0 Å². The van der Waals surface area contributed by atoms with Crippen molar-refractivity contribution in [3.63, 3.8) is 0 Å². The van der Waals surface area contributed by atoms with E-state index in [-0.39, 0.29) is 30.8 Å². The molecule has 0 saturated heterocycles. The van der Waals surface area contributed by atoms with Crippen LogP contribution in [0.25, 0.3) is 10.9 Å². The fraction of sp³-hybridized carbons (Fsp3) is 0.444. The molecular weight excluding hydrogens is 292 g/mol. The Kier molecular flexibility index (Phi) is 4.37. The summed E-state index contributed by atoms with van der Waals surface area (Å²) in [7, 11) is 1.34. The molecule has 0 aliphatic heterocycles. The number of para-hydroxylation sites is 1. The van der Waals surface area contributed by atoms with E-state index in [0.717, 1.165) is 19.3 Å². The molecule has 1 aromatic carbocycles. The van der Waals surface area contributed by atoms with Crippen LogP contribution in [0.2, 0.25) is 0 Å². The minimum absolute atomic E-state index is 0.0835. The smallest absolute Gasteiger partial charge is 0.306 e. The van der Waals surface area contributed by atoms with Gasteiger partial charge in [0.25, 0.3) is 0 Å². The predicted molar refractivity (Wildman–Crippen MR) is 88.2 cm³/mol. The van der Waals surface area contributed by atoms with Gasteiger partial charge in [-0.2, -0.15) is 0 Å². The highest BCUT2D eigenvalue weighted by Gasteiger charge is 2.24. The number of carbonyl (C=O) groups is 2. The Morgan fingerprint density at radius 1 is 1.35 bits per heavy atom. The maximum atomic E-state index is 12.0. The van der Waals surface area contributed by atoms with E-state index < -0.39 is 0 Å². The largest absolute Gasteiger partial charge is 0.469 e. The van der Waals surface area contributed by atoms with Gasteiger partial charge < -0.3 is 15.0 Å². The molecule has 23 heavy (non-hydrogen) atoms. The van der Waals surface area contributed by atoms with Gasteiger partial charge in [0.15, 0.2) is 0 Å². The first-order valence-corrected chi connectivity index (χ1v) is 8.03. The summed E-state index contributed by atoms with van der Waals surface area (Å²) in [5.74, 6) is -0.432. The molecule has 3 rings (SSSR count). The molecule has 0 spiro atoms. The summed E-state index contributed by atoms with van der Waals surface area (Å²) in [6.07, 6.45) is 3.01. The summed E-state index contributed by atoms with van der Waals surface area (Å²) in [6.45, 7) is 2.11. The van der Waals surface area contributed by atoms with Crippen LogP contribution in [0.1, 0.15) is 36.1 Å². The van der Waals surface area contributed by atoms with Crippen molar-refractivity contribution in [2.45, 2.75) is 45.1 Å². The van der Waals surface area contributed by atoms with Gasteiger partial charge in [0.1, 0.15) is 0 Å². The molecule has 0 bridgehead atoms. The van der Waals surface area contributed by atoms with Gasteiger partial charge in [0.2, 0.25) is 5.91 Å². The molecule has 1 atom stereocenters. The Balaban J connectivity index is 1.68. The van der Waals surface area contributed by atoms with Crippen molar-refractivity contribution in [3.8, 4) is 0 Å². The minimum atomic E-state index is -0.349. The van der Waals surface area contributed by atoms with E-state index in [1.54, 1.807) is 0 Å². The van der Waals surface area contributed by atoms with E-state index >= 15 is 0 Å². The molecule has 122 valence electrons. The monoisotopic (exact) mass is 314 g/mol. The molecule has 2 N–H and O–H groups in total. The maximum absolute atomic E-state index is 12.0. The predicted octanol–water partition coefficient (Wildman–Crippen LogP) is 2.40. The van der Waals surface area contributed by atoms with E-state index in [2.05, 4.69) is 40.2 Å². The Morgan fingerprint density at radius 2 is 2.17 bits per heavy atom. The number of rotatable bonds is 4. The third-order valence-electron chi connectivity index (χ3n) is 4.58. The average molecular weight is 314 g/mol. The van der Waals surface area contributed by atoms with Crippen LogP contribution in [0, 0.1) is 6.92 Å². The van der Waals surface area contributed by atoms with Crippen LogP contribution in [-0.2, 0) is 27.2 Å². The standard InChI is InChI=1S/C18H22N2O3/c1-11-4-3-5-13-14-10-12(6-7-15(14)20-18(11)13)19-16(21)8-9-17(22)23-2/h3-5,12,20H,6-10H2,1-2H3,(H,19,21). The lowest BCUT2D eigenvalue weighted by atomic mass is 9.91. The van der Waals surface area contributed by atoms with Gasteiger partial charge in [-0.15, -0.1) is 0 Å². The number of nitrogens with one attached hydrogen (secondary N) is 2. The van der Waals surface area contributed by atoms with Crippen LogP contribution in [0.4, 0.5) is 0 Å². The molecule has 1 aliphatic rings. The Labute approximate surface area is 135 Å². The normalized spacial score (nSPS) is 16.9. The highest BCUT2D eigenvalue weighted by molar-refractivity contribution is 5.88. The molecule has 5 heteroatoms. The van der Waals surface area contributed by atoms with Crippen LogP contribution in [0.3, 0.4) is 0 Å². The number of esters is 1. The van der Waals surface area contributed by atoms with Crippen molar-refractivity contribution in [2.24, 2.45) is 0 Å². The number of hydrogen-bond acceptors (Lipinski definition) is 3. The number of aromatic amines is 1. The third kappa shape index (κ3) is 3.23. The molecule has 1 aliphatic carbocycles. The van der Waals surface area contributed by atoms with Crippen LogP contribution in [-0.4, -0.2) is 30.0 Å². The van der Waals surface area contributed by atoms with Crippen molar-refractivity contribution in [1.82, 2.24) is 10.3 Å². The molecular formula is C18H22N2O3. The average Bonchev–Trinajstić information content (AvgIpc) is 2.92. The van der Waals surface area contributed by atoms with Gasteiger partial charge >= 0.3 is 5.97 Å². The fourth-order valence-electron chi connectivity index (χ4n) is 3.33. The van der Waals surface area contributed by atoms with Gasteiger partial charge in [0, 0.05) is 29.1 Å². The lowest BCUT2D eigenvalue weighted by Crippen LogP contribution is -2.38. The number of amides is 1. The van der Waals surface area contributed by atoms with Crippen molar-refractivity contribution in [2.75, 3.05) is 7.11 Å². The Hall–Kier alpha value is -2.30. The summed E-state index contributed by atoms with van der Waals surface area (Å²) in [5, 5.41) is 4.31. The van der Waals surface area contributed by atoms with Crippen LogP contribution < -0.4 is 5.32 Å². The lowest BCUT2D eigenvalue weighted by Gasteiger charge is -2.23. The second-order valence-corrected chi connectivity index (χ2v) is 6.16. The van der Waals surface area contributed by atoms with Crippen molar-refractivity contribution in [1.29, 1.82) is 0 Å². The number of hydrogen-bond donors (Lipinski definition) is 2. The van der Waals surface area contributed by atoms with Gasteiger partial charge in [-0.3, -0.25) is 9.59 Å². The molecule has 1 heterocycles. The number of carbonyl (C=O) groups excluding carboxylic acids is 2. The summed E-state index contributed by atoms with van der Waals surface area (Å²) >= 11 is 0. The molecule has 2 aromatic rings. The highest BCUT2D eigenvalue weighted by Crippen LogP contribution is 2.30. The van der Waals surface area contributed by atoms with Crippen molar-refractivity contribution in [3.05, 3.63) is 35.0 Å². The second-order valence-electron chi connectivity index (χ2n) is 6.16. The summed E-state index contributed by atoms with van der Waals surface area (Å²) < 4.78 is 4.56. The van der Waals surface area contributed by atoms with Gasteiger partial charge in [0.05, 0.1) is 13.5 Å². The van der Waals surface area contributed by atoms with Gasteiger partial charge in [-0.25, -0.2) is 0 Å². The quantitative estimate of drug-likeness (QED) is 0.851. The first-order valence-electron chi connectivity index (χ1n) is 8.03. The second kappa shape index (κ2) is 6.44.